The van der Waals surface area contributed by atoms with E-state index in [2.05, 4.69) is 4.90 Å². The molecule has 0 bridgehead atoms. The van der Waals surface area contributed by atoms with Gasteiger partial charge in [-0.2, -0.15) is 0 Å². The number of methoxy groups -OCH3 is 1. The first-order valence-electron chi connectivity index (χ1n) is 8.31. The molecule has 0 amide bonds. The second-order valence-electron chi connectivity index (χ2n) is 6.89. The molecule has 1 heterocycles. The summed E-state index contributed by atoms with van der Waals surface area (Å²) in [5.41, 5.74) is 1.38. The van der Waals surface area contributed by atoms with Crippen molar-refractivity contribution in [1.82, 2.24) is 4.90 Å². The standard InChI is InChI=1S/C19H27NO4/c1-14(2)7-9-19(18(22)23)8-4-10-20(13-19)12-15-5-6-17(24-3)16(21)11-15/h5-7,11,21H,4,8-10,12-13H2,1-3H3,(H,22,23)/t19-/m1/s1. The predicted molar refractivity (Wildman–Crippen MR) is 93.3 cm³/mol. The monoisotopic (exact) mass is 333 g/mol. The molecule has 0 spiro atoms. The molecule has 0 aliphatic carbocycles. The molecular weight excluding hydrogens is 306 g/mol. The number of carboxylic acids is 1. The lowest BCUT2D eigenvalue weighted by molar-refractivity contribution is -0.152. The van der Waals surface area contributed by atoms with Gasteiger partial charge < -0.3 is 14.9 Å². The van der Waals surface area contributed by atoms with Gasteiger partial charge in [0.25, 0.3) is 0 Å². The molecule has 2 rings (SSSR count). The maximum Gasteiger partial charge on any atom is 0.311 e. The number of hydrogen-bond donors (Lipinski definition) is 2. The fourth-order valence-corrected chi connectivity index (χ4v) is 3.28. The quantitative estimate of drug-likeness (QED) is 0.781. The summed E-state index contributed by atoms with van der Waals surface area (Å²) in [7, 11) is 1.52. The summed E-state index contributed by atoms with van der Waals surface area (Å²) in [5, 5.41) is 19.7. The van der Waals surface area contributed by atoms with E-state index >= 15 is 0 Å². The normalized spacial score (nSPS) is 21.3. The first kappa shape index (κ1) is 18.3. The van der Waals surface area contributed by atoms with Crippen molar-refractivity contribution in [1.29, 1.82) is 0 Å². The highest BCUT2D eigenvalue weighted by molar-refractivity contribution is 5.75. The average Bonchev–Trinajstić information content (AvgIpc) is 2.53. The molecule has 2 N–H and O–H groups in total. The van der Waals surface area contributed by atoms with Crippen molar-refractivity contribution in [3.63, 3.8) is 0 Å². The molecular formula is C19H27NO4. The largest absolute Gasteiger partial charge is 0.504 e. The van der Waals surface area contributed by atoms with Crippen LogP contribution in [-0.4, -0.2) is 41.3 Å². The number of piperidine rings is 1. The van der Waals surface area contributed by atoms with E-state index in [9.17, 15) is 15.0 Å². The van der Waals surface area contributed by atoms with E-state index in [1.165, 1.54) is 7.11 Å². The number of phenols is 1. The summed E-state index contributed by atoms with van der Waals surface area (Å²) in [6.07, 6.45) is 4.16. The van der Waals surface area contributed by atoms with E-state index in [0.717, 1.165) is 24.1 Å². The van der Waals surface area contributed by atoms with Gasteiger partial charge in [0.15, 0.2) is 11.5 Å². The molecule has 1 saturated heterocycles. The Balaban J connectivity index is 2.12. The Morgan fingerprint density at radius 1 is 1.42 bits per heavy atom. The summed E-state index contributed by atoms with van der Waals surface area (Å²) in [5.74, 6) is -0.163. The fourth-order valence-electron chi connectivity index (χ4n) is 3.28. The maximum atomic E-state index is 11.9. The van der Waals surface area contributed by atoms with E-state index in [0.29, 0.717) is 31.7 Å². The molecule has 0 aromatic heterocycles. The molecule has 5 nitrogen and oxygen atoms in total. The van der Waals surface area contributed by atoms with Crippen molar-refractivity contribution < 1.29 is 19.7 Å². The smallest absolute Gasteiger partial charge is 0.311 e. The zero-order valence-corrected chi connectivity index (χ0v) is 14.7. The Kier molecular flexibility index (Phi) is 5.89. The zero-order chi connectivity index (χ0) is 17.7. The fraction of sp³-hybridized carbons (Fsp3) is 0.526. The van der Waals surface area contributed by atoms with Crippen LogP contribution in [0.4, 0.5) is 0 Å². The molecule has 1 aliphatic rings. The molecule has 24 heavy (non-hydrogen) atoms. The molecule has 132 valence electrons. The number of ether oxygens (including phenoxy) is 1. The highest BCUT2D eigenvalue weighted by atomic mass is 16.5. The van der Waals surface area contributed by atoms with Gasteiger partial charge in [-0.3, -0.25) is 9.69 Å². The van der Waals surface area contributed by atoms with E-state index in [1.54, 1.807) is 12.1 Å². The number of carbonyl (C=O) groups is 1. The number of benzene rings is 1. The lowest BCUT2D eigenvalue weighted by Crippen LogP contribution is -2.47. The van der Waals surface area contributed by atoms with Crippen LogP contribution in [-0.2, 0) is 11.3 Å². The Morgan fingerprint density at radius 3 is 2.75 bits per heavy atom. The summed E-state index contributed by atoms with van der Waals surface area (Å²) < 4.78 is 5.06. The van der Waals surface area contributed by atoms with Crippen molar-refractivity contribution in [2.45, 2.75) is 39.7 Å². The number of nitrogens with zero attached hydrogens (tertiary/aromatic N) is 1. The van der Waals surface area contributed by atoms with Crippen LogP contribution < -0.4 is 4.74 Å². The number of aliphatic carboxylic acids is 1. The first-order valence-corrected chi connectivity index (χ1v) is 8.31. The van der Waals surface area contributed by atoms with Crippen molar-refractivity contribution in [2.24, 2.45) is 5.41 Å². The second kappa shape index (κ2) is 7.71. The van der Waals surface area contributed by atoms with Crippen LogP contribution in [0.1, 0.15) is 38.7 Å². The molecule has 0 unspecified atom stereocenters. The SMILES string of the molecule is COc1ccc(CN2CCC[C@](CC=C(C)C)(C(=O)O)C2)cc1O. The number of phenolic OH excluding ortho intramolecular Hbond substituents is 1. The number of allylic oxidation sites excluding steroid dienone is 2. The van der Waals surface area contributed by atoms with Gasteiger partial charge in [0.05, 0.1) is 12.5 Å². The minimum atomic E-state index is -0.720. The average molecular weight is 333 g/mol. The van der Waals surface area contributed by atoms with Crippen molar-refractivity contribution in [3.8, 4) is 11.5 Å². The lowest BCUT2D eigenvalue weighted by atomic mass is 9.76. The lowest BCUT2D eigenvalue weighted by Gasteiger charge is -2.39. The van der Waals surface area contributed by atoms with Crippen molar-refractivity contribution in [2.75, 3.05) is 20.2 Å². The number of carboxylic acid groups (broad SMARTS) is 1. The van der Waals surface area contributed by atoms with Gasteiger partial charge in [-0.15, -0.1) is 0 Å². The number of likely N-dealkylation sites (tertiary alicyclic amines) is 1. The molecule has 5 heteroatoms. The van der Waals surface area contributed by atoms with Gasteiger partial charge in [0.2, 0.25) is 0 Å². The van der Waals surface area contributed by atoms with Gasteiger partial charge in [0.1, 0.15) is 0 Å². The van der Waals surface area contributed by atoms with Gasteiger partial charge in [0, 0.05) is 13.1 Å². The number of hydrogen-bond acceptors (Lipinski definition) is 4. The second-order valence-corrected chi connectivity index (χ2v) is 6.89. The summed E-state index contributed by atoms with van der Waals surface area (Å²) in [4.78, 5) is 14.1. The minimum Gasteiger partial charge on any atom is -0.504 e. The van der Waals surface area contributed by atoms with Crippen molar-refractivity contribution in [3.05, 3.63) is 35.4 Å². The molecule has 0 radical (unpaired) electrons. The minimum absolute atomic E-state index is 0.112. The first-order chi connectivity index (χ1) is 11.4. The van der Waals surface area contributed by atoms with Crippen LogP contribution in [0.3, 0.4) is 0 Å². The van der Waals surface area contributed by atoms with Gasteiger partial charge in [-0.05, 0) is 57.4 Å². The maximum absolute atomic E-state index is 11.9. The third-order valence-electron chi connectivity index (χ3n) is 4.66. The van der Waals surface area contributed by atoms with Gasteiger partial charge in [-0.1, -0.05) is 17.7 Å². The summed E-state index contributed by atoms with van der Waals surface area (Å²) in [6.45, 7) is 6.02. The third-order valence-corrected chi connectivity index (χ3v) is 4.66. The van der Waals surface area contributed by atoms with E-state index < -0.39 is 11.4 Å². The number of rotatable bonds is 6. The number of aromatic hydroxyl groups is 1. The van der Waals surface area contributed by atoms with Crippen LogP contribution in [0.15, 0.2) is 29.8 Å². The molecule has 0 saturated carbocycles. The third kappa shape index (κ3) is 4.29. The van der Waals surface area contributed by atoms with Crippen molar-refractivity contribution >= 4 is 5.97 Å². The summed E-state index contributed by atoms with van der Waals surface area (Å²) in [6, 6.07) is 5.33. The van der Waals surface area contributed by atoms with Crippen LogP contribution in [0.2, 0.25) is 0 Å². The predicted octanol–water partition coefficient (Wildman–Crippen LogP) is 3.42. The van der Waals surface area contributed by atoms with Crippen LogP contribution in [0, 0.1) is 5.41 Å². The van der Waals surface area contributed by atoms with E-state index in [-0.39, 0.29) is 5.75 Å². The summed E-state index contributed by atoms with van der Waals surface area (Å²) >= 11 is 0. The van der Waals surface area contributed by atoms with E-state index in [4.69, 9.17) is 4.74 Å². The topological polar surface area (TPSA) is 70.0 Å². The highest BCUT2D eigenvalue weighted by Crippen LogP contribution is 2.36. The van der Waals surface area contributed by atoms with Crippen LogP contribution in [0.25, 0.3) is 0 Å². The molecule has 1 aromatic rings. The van der Waals surface area contributed by atoms with Gasteiger partial charge >= 0.3 is 5.97 Å². The molecule has 1 fully saturated rings. The highest BCUT2D eigenvalue weighted by Gasteiger charge is 2.41. The molecule has 1 aliphatic heterocycles. The van der Waals surface area contributed by atoms with E-state index in [1.807, 2.05) is 26.0 Å². The Morgan fingerprint density at radius 2 is 2.17 bits per heavy atom. The van der Waals surface area contributed by atoms with Crippen LogP contribution >= 0.6 is 0 Å². The Labute approximate surface area is 143 Å². The molecule has 1 atom stereocenters. The Bertz CT molecular complexity index is 622. The zero-order valence-electron chi connectivity index (χ0n) is 14.7. The Hall–Kier alpha value is -2.01. The van der Waals surface area contributed by atoms with Gasteiger partial charge in [-0.25, -0.2) is 0 Å². The molecule has 1 aromatic carbocycles. The van der Waals surface area contributed by atoms with Crippen LogP contribution in [0.5, 0.6) is 11.5 Å².